The Labute approximate surface area is 142 Å². The van der Waals surface area contributed by atoms with E-state index in [1.165, 1.54) is 18.3 Å². The van der Waals surface area contributed by atoms with E-state index in [0.29, 0.717) is 5.57 Å². The minimum atomic E-state index is -0.739. The summed E-state index contributed by atoms with van der Waals surface area (Å²) in [4.78, 5) is 21.1. The summed E-state index contributed by atoms with van der Waals surface area (Å²) in [6, 6.07) is 5.75. The number of aldehydes is 2. The molecule has 0 aliphatic heterocycles. The third-order valence-electron chi connectivity index (χ3n) is 2.81. The van der Waals surface area contributed by atoms with Crippen LogP contribution in [0.2, 0.25) is 0 Å². The fourth-order valence-electron chi connectivity index (χ4n) is 1.51. The molecular weight excluding hydrogens is 333 g/mol. The summed E-state index contributed by atoms with van der Waals surface area (Å²) >= 11 is 0.908. The molecule has 0 aliphatic rings. The Morgan fingerprint density at radius 2 is 1.88 bits per heavy atom. The largest absolute Gasteiger partial charge is 0.503 e. The van der Waals surface area contributed by atoms with E-state index in [1.54, 1.807) is 19.1 Å². The predicted molar refractivity (Wildman–Crippen MR) is 91.8 cm³/mol. The van der Waals surface area contributed by atoms with E-state index in [1.807, 2.05) is 0 Å². The van der Waals surface area contributed by atoms with Crippen LogP contribution in [0.1, 0.15) is 12.5 Å². The lowest BCUT2D eigenvalue weighted by Crippen LogP contribution is -2.13. The number of rotatable bonds is 7. The number of benzene rings is 1. The molecule has 1 rings (SSSR count). The molecule has 0 amide bonds. The van der Waals surface area contributed by atoms with Gasteiger partial charge in [0.1, 0.15) is 11.5 Å². The van der Waals surface area contributed by atoms with Crippen molar-refractivity contribution in [2.75, 3.05) is 0 Å². The molecule has 0 aromatic heterocycles. The number of thioether (sulfide) groups is 1. The first kappa shape index (κ1) is 19.3. The van der Waals surface area contributed by atoms with Crippen LogP contribution in [0.3, 0.4) is 0 Å². The Kier molecular flexibility index (Phi) is 7.57. The molecule has 0 spiro atoms. The standard InChI is InChI=1S/C16H16FN3O3S/c1-10(7-20-13(8-21)14(23)9-22)16(19)24-15(18)6-11-2-4-12(17)5-3-11/h2-5,7-9,18-20,23H,6H2,1H3/b10-7+,14-13+,18-15?,19-16?. The van der Waals surface area contributed by atoms with Crippen LogP contribution in [0, 0.1) is 16.6 Å². The zero-order valence-electron chi connectivity index (χ0n) is 12.8. The fourth-order valence-corrected chi connectivity index (χ4v) is 2.22. The van der Waals surface area contributed by atoms with Crippen LogP contribution in [-0.4, -0.2) is 27.8 Å². The Morgan fingerprint density at radius 1 is 1.25 bits per heavy atom. The maximum absolute atomic E-state index is 12.8. The second-order valence-electron chi connectivity index (χ2n) is 4.66. The van der Waals surface area contributed by atoms with E-state index in [4.69, 9.17) is 15.9 Å². The van der Waals surface area contributed by atoms with Gasteiger partial charge in [0.2, 0.25) is 0 Å². The summed E-state index contributed by atoms with van der Waals surface area (Å²) < 4.78 is 12.8. The Hall–Kier alpha value is -2.74. The van der Waals surface area contributed by atoms with Crippen LogP contribution >= 0.6 is 11.8 Å². The van der Waals surface area contributed by atoms with Crippen molar-refractivity contribution in [1.82, 2.24) is 5.32 Å². The van der Waals surface area contributed by atoms with E-state index in [-0.39, 0.29) is 40.6 Å². The van der Waals surface area contributed by atoms with Gasteiger partial charge in [-0.3, -0.25) is 20.4 Å². The normalized spacial score (nSPS) is 12.2. The number of hydrogen-bond acceptors (Lipinski definition) is 7. The van der Waals surface area contributed by atoms with Crippen LogP contribution in [0.15, 0.2) is 47.5 Å². The molecule has 0 fully saturated rings. The topological polar surface area (TPSA) is 114 Å². The van der Waals surface area contributed by atoms with Gasteiger partial charge in [-0.15, -0.1) is 0 Å². The molecule has 126 valence electrons. The van der Waals surface area contributed by atoms with Gasteiger partial charge in [0, 0.05) is 12.6 Å². The van der Waals surface area contributed by atoms with E-state index >= 15 is 0 Å². The first-order valence-electron chi connectivity index (χ1n) is 6.73. The lowest BCUT2D eigenvalue weighted by atomic mass is 10.2. The van der Waals surface area contributed by atoms with Gasteiger partial charge in [-0.05, 0) is 30.2 Å². The number of nitrogens with one attached hydrogen (secondary N) is 3. The van der Waals surface area contributed by atoms with Crippen LogP contribution in [-0.2, 0) is 16.0 Å². The number of aliphatic hydroxyl groups excluding tert-OH is 1. The van der Waals surface area contributed by atoms with Gasteiger partial charge in [-0.25, -0.2) is 4.39 Å². The predicted octanol–water partition coefficient (Wildman–Crippen LogP) is 2.72. The van der Waals surface area contributed by atoms with Crippen LogP contribution in [0.5, 0.6) is 0 Å². The van der Waals surface area contributed by atoms with Gasteiger partial charge in [0.25, 0.3) is 0 Å². The highest BCUT2D eigenvalue weighted by atomic mass is 32.2. The Bertz CT molecular complexity index is 712. The van der Waals surface area contributed by atoms with E-state index in [9.17, 15) is 14.0 Å². The molecule has 0 saturated carbocycles. The van der Waals surface area contributed by atoms with Gasteiger partial charge in [0.15, 0.2) is 18.3 Å². The number of allylic oxidation sites excluding steroid dienone is 2. The molecule has 8 heteroatoms. The fraction of sp³-hybridized carbons (Fsp3) is 0.125. The van der Waals surface area contributed by atoms with Crippen LogP contribution < -0.4 is 5.32 Å². The van der Waals surface area contributed by atoms with Crippen molar-refractivity contribution in [2.24, 2.45) is 0 Å². The van der Waals surface area contributed by atoms with E-state index in [0.717, 1.165) is 17.3 Å². The second-order valence-corrected chi connectivity index (χ2v) is 5.77. The summed E-state index contributed by atoms with van der Waals surface area (Å²) in [7, 11) is 0. The molecule has 4 N–H and O–H groups in total. The molecule has 0 unspecified atom stereocenters. The molecule has 0 heterocycles. The van der Waals surface area contributed by atoms with Crippen LogP contribution in [0.25, 0.3) is 0 Å². The molecule has 0 saturated heterocycles. The summed E-state index contributed by atoms with van der Waals surface area (Å²) in [6.07, 6.45) is 1.95. The zero-order valence-corrected chi connectivity index (χ0v) is 13.6. The molecule has 1 aromatic rings. The third-order valence-corrected chi connectivity index (χ3v) is 3.73. The van der Waals surface area contributed by atoms with Crippen LogP contribution in [0.4, 0.5) is 4.39 Å². The highest BCUT2D eigenvalue weighted by molar-refractivity contribution is 8.26. The molecular formula is C16H16FN3O3S. The lowest BCUT2D eigenvalue weighted by molar-refractivity contribution is -0.109. The van der Waals surface area contributed by atoms with Crippen molar-refractivity contribution in [3.05, 3.63) is 58.9 Å². The van der Waals surface area contributed by atoms with Gasteiger partial charge >= 0.3 is 0 Å². The smallest absolute Gasteiger partial charge is 0.186 e. The van der Waals surface area contributed by atoms with Crippen molar-refractivity contribution in [1.29, 1.82) is 10.8 Å². The number of hydrogen-bond donors (Lipinski definition) is 4. The highest BCUT2D eigenvalue weighted by Crippen LogP contribution is 2.15. The molecule has 6 nitrogen and oxygen atoms in total. The molecule has 1 aromatic carbocycles. The summed E-state index contributed by atoms with van der Waals surface area (Å²) in [5.41, 5.74) is 0.842. The second kappa shape index (κ2) is 9.41. The first-order chi connectivity index (χ1) is 11.4. The summed E-state index contributed by atoms with van der Waals surface area (Å²) in [6.45, 7) is 1.58. The van der Waals surface area contributed by atoms with E-state index in [2.05, 4.69) is 5.32 Å². The van der Waals surface area contributed by atoms with Crippen molar-refractivity contribution in [2.45, 2.75) is 13.3 Å². The first-order valence-corrected chi connectivity index (χ1v) is 7.54. The zero-order chi connectivity index (χ0) is 18.1. The lowest BCUT2D eigenvalue weighted by Gasteiger charge is -2.07. The Morgan fingerprint density at radius 3 is 2.42 bits per heavy atom. The third kappa shape index (κ3) is 6.17. The number of halogens is 1. The molecule has 24 heavy (non-hydrogen) atoms. The molecule has 0 bridgehead atoms. The summed E-state index contributed by atoms with van der Waals surface area (Å²) in [5, 5.41) is 27.6. The molecule has 0 radical (unpaired) electrons. The van der Waals surface area contributed by atoms with Gasteiger partial charge in [0.05, 0.1) is 10.1 Å². The maximum atomic E-state index is 12.8. The highest BCUT2D eigenvalue weighted by Gasteiger charge is 2.08. The maximum Gasteiger partial charge on any atom is 0.186 e. The van der Waals surface area contributed by atoms with E-state index < -0.39 is 5.76 Å². The monoisotopic (exact) mass is 349 g/mol. The Balaban J connectivity index is 2.64. The van der Waals surface area contributed by atoms with Crippen molar-refractivity contribution in [3.63, 3.8) is 0 Å². The van der Waals surface area contributed by atoms with Gasteiger partial charge < -0.3 is 10.4 Å². The average Bonchev–Trinajstić information content (AvgIpc) is 2.56. The molecule has 0 aliphatic carbocycles. The van der Waals surface area contributed by atoms with Gasteiger partial charge in [-0.2, -0.15) is 0 Å². The SMILES string of the molecule is C/C(=C\N/C(C=O)=C(/O)C=O)C(=N)SC(=N)Cc1ccc(F)cc1. The molecule has 0 atom stereocenters. The summed E-state index contributed by atoms with van der Waals surface area (Å²) in [5.74, 6) is -1.09. The number of carbonyl (C=O) groups is 2. The minimum absolute atomic E-state index is 0.0606. The van der Waals surface area contributed by atoms with Crippen molar-refractivity contribution >= 4 is 34.4 Å². The van der Waals surface area contributed by atoms with Crippen molar-refractivity contribution < 1.29 is 19.1 Å². The number of carbonyl (C=O) groups excluding carboxylic acids is 2. The van der Waals surface area contributed by atoms with Crippen molar-refractivity contribution in [3.8, 4) is 0 Å². The quantitative estimate of drug-likeness (QED) is 0.199. The van der Waals surface area contributed by atoms with Gasteiger partial charge in [-0.1, -0.05) is 23.9 Å². The minimum Gasteiger partial charge on any atom is -0.503 e. The number of aliphatic hydroxyl groups is 1. The average molecular weight is 349 g/mol.